The van der Waals surface area contributed by atoms with Gasteiger partial charge in [-0.15, -0.1) is 0 Å². The van der Waals surface area contributed by atoms with Gasteiger partial charge in [-0.1, -0.05) is 504 Å². The van der Waals surface area contributed by atoms with E-state index >= 15 is 0 Å². The lowest BCUT2D eigenvalue weighted by atomic mass is 9.97. The summed E-state index contributed by atoms with van der Waals surface area (Å²) in [5.74, 6) is 2.24. The summed E-state index contributed by atoms with van der Waals surface area (Å²) in [6.45, 7) is 0. The zero-order valence-electron chi connectivity index (χ0n) is 68.3. The first-order valence-corrected chi connectivity index (χ1v) is 50.4. The van der Waals surface area contributed by atoms with Crippen LogP contribution in [0.15, 0.2) is 516 Å². The van der Waals surface area contributed by atoms with Crippen LogP contribution in [0.3, 0.4) is 0 Å². The minimum absolute atomic E-state index is 0.537. The second-order valence-corrected chi connectivity index (χ2v) is 46.8. The highest BCUT2D eigenvalue weighted by atomic mass is 28.3. The summed E-state index contributed by atoms with van der Waals surface area (Å²) >= 11 is 0. The molecule has 5 nitrogen and oxygen atoms in total. The summed E-state index contributed by atoms with van der Waals surface area (Å²) in [5, 5.41) is 20.3. The van der Waals surface area contributed by atoms with E-state index < -0.39 is 32.3 Å². The monoisotopic (exact) mass is 1650 g/mol. The van der Waals surface area contributed by atoms with Crippen molar-refractivity contribution in [3.63, 3.8) is 0 Å². The average molecular weight is 1650 g/mol. The van der Waals surface area contributed by atoms with Gasteiger partial charge in [0.15, 0.2) is 55.6 Å². The number of aromatic nitrogens is 5. The summed E-state index contributed by atoms with van der Waals surface area (Å²) < 4.78 is 0. The first-order valence-electron chi connectivity index (χ1n) is 42.4. The molecule has 2 heterocycles. The molecule has 0 N–H and O–H groups in total. The van der Waals surface area contributed by atoms with Gasteiger partial charge in [0, 0.05) is 33.4 Å². The van der Waals surface area contributed by atoms with E-state index in [0.717, 1.165) is 55.9 Å². The molecule has 20 rings (SSSR count). The van der Waals surface area contributed by atoms with Crippen molar-refractivity contribution in [3.05, 3.63) is 516 Å². The van der Waals surface area contributed by atoms with Gasteiger partial charge in [-0.25, -0.2) is 24.9 Å². The lowest BCUT2D eigenvalue weighted by Crippen LogP contribution is -2.74. The fourth-order valence-electron chi connectivity index (χ4n) is 19.2. The Bertz CT molecular complexity index is 6310. The van der Waals surface area contributed by atoms with E-state index in [1.807, 2.05) is 0 Å². The maximum atomic E-state index is 5.81. The van der Waals surface area contributed by atoms with Crippen LogP contribution in [0.5, 0.6) is 0 Å². The fourth-order valence-corrected chi connectivity index (χ4v) is 38.4. The summed E-state index contributed by atoms with van der Waals surface area (Å²) in [4.78, 5) is 28.9. The third kappa shape index (κ3) is 14.3. The highest BCUT2D eigenvalue weighted by Crippen LogP contribution is 2.36. The summed E-state index contributed by atoms with van der Waals surface area (Å²) in [6.07, 6.45) is 0. The molecule has 124 heavy (non-hydrogen) atoms. The quantitative estimate of drug-likeness (QED) is 0.0472. The maximum Gasteiger partial charge on any atom is 0.179 e. The van der Waals surface area contributed by atoms with Gasteiger partial charge in [-0.3, -0.25) is 0 Å². The van der Waals surface area contributed by atoms with Gasteiger partial charge in [-0.2, -0.15) is 0 Å². The van der Waals surface area contributed by atoms with Gasteiger partial charge < -0.3 is 0 Å². The van der Waals surface area contributed by atoms with Crippen molar-refractivity contribution in [2.45, 2.75) is 0 Å². The maximum absolute atomic E-state index is 5.81. The molecule has 0 fully saturated rings. The molecule has 0 spiro atoms. The third-order valence-corrected chi connectivity index (χ3v) is 43.8. The Morgan fingerprint density at radius 3 is 0.548 bits per heavy atom. The molecule has 0 aliphatic heterocycles. The van der Waals surface area contributed by atoms with E-state index in [2.05, 4.69) is 516 Å². The molecule has 586 valence electrons. The molecule has 0 aliphatic carbocycles. The van der Waals surface area contributed by atoms with Crippen molar-refractivity contribution in [2.24, 2.45) is 0 Å². The van der Waals surface area contributed by atoms with Crippen LogP contribution in [0.25, 0.3) is 79.2 Å². The van der Waals surface area contributed by atoms with Crippen LogP contribution in [0.1, 0.15) is 0 Å². The number of nitrogens with zero attached hydrogens (tertiary/aromatic N) is 5. The molecule has 0 amide bonds. The van der Waals surface area contributed by atoms with Crippen LogP contribution in [0.2, 0.25) is 0 Å². The van der Waals surface area contributed by atoms with Crippen molar-refractivity contribution in [1.82, 2.24) is 24.9 Å². The van der Waals surface area contributed by atoms with Crippen LogP contribution >= 0.6 is 0 Å². The molecule has 9 heteroatoms. The molecule has 18 aromatic carbocycles. The summed E-state index contributed by atoms with van der Waals surface area (Å²) in [6, 6.07) is 190. The van der Waals surface area contributed by atoms with Gasteiger partial charge in [0.2, 0.25) is 0 Å². The molecular formula is C115H85N5Si4. The first kappa shape index (κ1) is 77.5. The lowest BCUT2D eigenvalue weighted by molar-refractivity contribution is 1.07. The fraction of sp³-hybridized carbons (Fsp3) is 0. The predicted molar refractivity (Wildman–Crippen MR) is 528 cm³/mol. The number of benzene rings is 18. The zero-order chi connectivity index (χ0) is 83.0. The SMILES string of the molecule is c1ccc([Si](c2ccccc2)(c2ccccc2)c2cccc(-c3cc(-c4cccc([Si](c5ccccc5)(c5ccccc5)c5ccccc5)c4)nc(-c4cccc(-c5ccccc5-c5nc(-c6cccc([Si](c7ccccc7)(c7ccccc7)c7ccccc7)c6)nc(-c6cccc([Si](c7ccccc7)(c7ccccc7)c7ccccc7)c6)n5)c4)n3)c2)cc1. The van der Waals surface area contributed by atoms with Crippen molar-refractivity contribution in [3.8, 4) is 79.2 Å². The molecular weight excluding hydrogens is 1560 g/mol. The summed E-state index contributed by atoms with van der Waals surface area (Å²) in [5.41, 5.74) is 8.92. The van der Waals surface area contributed by atoms with E-state index in [-0.39, 0.29) is 0 Å². The number of hydrogen-bond donors (Lipinski definition) is 0. The molecule has 0 unspecified atom stereocenters. The van der Waals surface area contributed by atoms with Crippen LogP contribution < -0.4 is 83.0 Å². The van der Waals surface area contributed by atoms with Gasteiger partial charge >= 0.3 is 0 Å². The van der Waals surface area contributed by atoms with Gasteiger partial charge in [0.05, 0.1) is 11.4 Å². The Kier molecular flexibility index (Phi) is 21.6. The predicted octanol–water partition coefficient (Wildman–Crippen LogP) is 15.8. The van der Waals surface area contributed by atoms with Crippen molar-refractivity contribution < 1.29 is 0 Å². The molecule has 20 aromatic rings. The number of hydrogen-bond acceptors (Lipinski definition) is 5. The third-order valence-electron chi connectivity index (χ3n) is 24.7. The van der Waals surface area contributed by atoms with E-state index in [0.29, 0.717) is 23.3 Å². The second-order valence-electron chi connectivity index (χ2n) is 31.6. The topological polar surface area (TPSA) is 64.5 Å². The van der Waals surface area contributed by atoms with Crippen LogP contribution in [0.4, 0.5) is 0 Å². The smallest absolute Gasteiger partial charge is 0.179 e. The van der Waals surface area contributed by atoms with Crippen molar-refractivity contribution >= 4 is 115 Å². The Hall–Kier alpha value is -15.1. The Balaban J connectivity index is 0.789. The van der Waals surface area contributed by atoms with Crippen molar-refractivity contribution in [2.75, 3.05) is 0 Å². The lowest BCUT2D eigenvalue weighted by Gasteiger charge is -2.34. The Labute approximate surface area is 729 Å². The Morgan fingerprint density at radius 2 is 0.290 bits per heavy atom. The van der Waals surface area contributed by atoms with Gasteiger partial charge in [0.1, 0.15) is 0 Å². The minimum atomic E-state index is -3.05. The normalized spacial score (nSPS) is 11.7. The zero-order valence-corrected chi connectivity index (χ0v) is 72.3. The Morgan fingerprint density at radius 1 is 0.113 bits per heavy atom. The average Bonchev–Trinajstić information content (AvgIpc) is 0.747. The van der Waals surface area contributed by atoms with Crippen LogP contribution in [0, 0.1) is 0 Å². The van der Waals surface area contributed by atoms with E-state index in [4.69, 9.17) is 24.9 Å². The van der Waals surface area contributed by atoms with Crippen molar-refractivity contribution in [1.29, 1.82) is 0 Å². The van der Waals surface area contributed by atoms with Crippen LogP contribution in [-0.4, -0.2) is 57.2 Å². The van der Waals surface area contributed by atoms with E-state index in [1.165, 1.54) is 83.0 Å². The molecule has 0 atom stereocenters. The molecule has 0 bridgehead atoms. The highest BCUT2D eigenvalue weighted by molar-refractivity contribution is 7.22. The number of rotatable bonds is 23. The molecule has 0 radical (unpaired) electrons. The van der Waals surface area contributed by atoms with Gasteiger partial charge in [-0.05, 0) is 106 Å². The largest absolute Gasteiger partial charge is 0.228 e. The molecule has 0 saturated heterocycles. The first-order chi connectivity index (χ1) is 61.5. The molecule has 0 aliphatic rings. The van der Waals surface area contributed by atoms with Gasteiger partial charge in [0.25, 0.3) is 0 Å². The second kappa shape index (κ2) is 34.6. The van der Waals surface area contributed by atoms with E-state index in [9.17, 15) is 0 Å². The minimum Gasteiger partial charge on any atom is -0.228 e. The molecule has 2 aromatic heterocycles. The molecule has 0 saturated carbocycles. The highest BCUT2D eigenvalue weighted by Gasteiger charge is 2.46. The van der Waals surface area contributed by atoms with E-state index in [1.54, 1.807) is 0 Å². The summed E-state index contributed by atoms with van der Waals surface area (Å²) in [7, 11) is -12.1. The standard InChI is InChI=1S/C115H85N5Si4/c1-13-50-92(51-14-1)121(93-52-15-2-16-53-93,94-54-17-3-18-55-94)104-74-40-45-87(81-104)110-85-111(88-46-41-75-105(82-88)122(95-56-19-4-20-57-95,96-58-21-5-22-59-96)97-60-23-6-24-61-97)117-112(116-110)89-47-39-44-86(80-89)108-78-37-38-79-109(108)115-119-113(90-48-42-76-106(83-90)123(98-62-25-7-26-63-98,99-64-27-8-28-65-99)100-66-29-9-30-67-100)118-114(120-115)91-49-43-77-107(84-91)124(101-68-31-10-32-69-101,102-70-33-11-34-71-102)103-72-35-12-36-73-103/h1-85H. The van der Waals surface area contributed by atoms with Crippen LogP contribution in [-0.2, 0) is 0 Å².